The number of nitrogens with zero attached hydrogens (tertiary/aromatic N) is 1. The Balaban J connectivity index is 1.92. The van der Waals surface area contributed by atoms with Crippen LogP contribution in [0.1, 0.15) is 39.0 Å². The standard InChI is InChI=1S/C19H24N/c1-2-3-4-5-11-16-20-19-15-10-9-14-18(19)17-12-7-6-8-13-17/h6-10,12-15H,2-5,11,16H2,1H3. The highest BCUT2D eigenvalue weighted by Crippen LogP contribution is 2.27. The fraction of sp³-hybridized carbons (Fsp3) is 0.368. The topological polar surface area (TPSA) is 14.1 Å². The minimum Gasteiger partial charge on any atom is -0.285 e. The summed E-state index contributed by atoms with van der Waals surface area (Å²) in [4.78, 5) is 0. The Bertz CT molecular complexity index is 490. The van der Waals surface area contributed by atoms with Crippen molar-refractivity contribution in [1.82, 2.24) is 5.32 Å². The van der Waals surface area contributed by atoms with Crippen molar-refractivity contribution in [3.8, 4) is 11.1 Å². The molecule has 2 aromatic carbocycles. The first kappa shape index (κ1) is 14.6. The fourth-order valence-electron chi connectivity index (χ4n) is 2.39. The summed E-state index contributed by atoms with van der Waals surface area (Å²) in [6.07, 6.45) is 6.48. The van der Waals surface area contributed by atoms with Crippen molar-refractivity contribution in [2.45, 2.75) is 39.0 Å². The molecule has 2 aromatic rings. The van der Waals surface area contributed by atoms with Crippen molar-refractivity contribution >= 4 is 5.69 Å². The summed E-state index contributed by atoms with van der Waals surface area (Å²) in [5.74, 6) is 0. The van der Waals surface area contributed by atoms with Crippen LogP contribution >= 0.6 is 0 Å². The maximum absolute atomic E-state index is 4.78. The van der Waals surface area contributed by atoms with E-state index in [1.165, 1.54) is 43.2 Å². The van der Waals surface area contributed by atoms with E-state index in [-0.39, 0.29) is 0 Å². The van der Waals surface area contributed by atoms with Crippen LogP contribution in [-0.4, -0.2) is 6.54 Å². The largest absolute Gasteiger partial charge is 0.285 e. The summed E-state index contributed by atoms with van der Waals surface area (Å²) in [5.41, 5.74) is 3.61. The molecule has 0 atom stereocenters. The molecule has 0 bridgehead atoms. The first-order chi connectivity index (χ1) is 9.92. The lowest BCUT2D eigenvalue weighted by molar-refractivity contribution is 0.618. The van der Waals surface area contributed by atoms with Crippen molar-refractivity contribution in [2.75, 3.05) is 6.54 Å². The van der Waals surface area contributed by atoms with Gasteiger partial charge in [-0.1, -0.05) is 81.1 Å². The van der Waals surface area contributed by atoms with Gasteiger partial charge < -0.3 is 0 Å². The van der Waals surface area contributed by atoms with Gasteiger partial charge in [0.05, 0.1) is 5.69 Å². The average Bonchev–Trinajstić information content (AvgIpc) is 2.52. The monoisotopic (exact) mass is 266 g/mol. The van der Waals surface area contributed by atoms with E-state index in [9.17, 15) is 0 Å². The fourth-order valence-corrected chi connectivity index (χ4v) is 2.39. The van der Waals surface area contributed by atoms with Crippen LogP contribution in [0.3, 0.4) is 0 Å². The smallest absolute Gasteiger partial charge is 0.0652 e. The summed E-state index contributed by atoms with van der Waals surface area (Å²) in [6, 6.07) is 18.9. The van der Waals surface area contributed by atoms with Crippen LogP contribution in [0.25, 0.3) is 11.1 Å². The molecule has 105 valence electrons. The lowest BCUT2D eigenvalue weighted by Crippen LogP contribution is -2.01. The molecule has 0 saturated heterocycles. The zero-order chi connectivity index (χ0) is 14.0. The third-order valence-electron chi connectivity index (χ3n) is 3.53. The second-order valence-corrected chi connectivity index (χ2v) is 5.18. The summed E-state index contributed by atoms with van der Waals surface area (Å²) >= 11 is 0. The van der Waals surface area contributed by atoms with E-state index in [1.54, 1.807) is 0 Å². The quantitative estimate of drug-likeness (QED) is 0.555. The third-order valence-corrected chi connectivity index (χ3v) is 3.53. The number of hydrogen-bond acceptors (Lipinski definition) is 0. The van der Waals surface area contributed by atoms with Gasteiger partial charge in [0.1, 0.15) is 0 Å². The zero-order valence-electron chi connectivity index (χ0n) is 12.4. The number of para-hydroxylation sites is 1. The minimum absolute atomic E-state index is 0.938. The molecule has 1 heteroatoms. The van der Waals surface area contributed by atoms with Crippen molar-refractivity contribution in [3.05, 3.63) is 54.6 Å². The molecule has 1 radical (unpaired) electrons. The molecule has 2 rings (SSSR count). The molecular weight excluding hydrogens is 242 g/mol. The maximum Gasteiger partial charge on any atom is 0.0652 e. The van der Waals surface area contributed by atoms with Crippen LogP contribution in [0.4, 0.5) is 5.69 Å². The molecule has 0 unspecified atom stereocenters. The molecule has 0 aliphatic carbocycles. The highest BCUT2D eigenvalue weighted by Gasteiger charge is 2.04. The van der Waals surface area contributed by atoms with Gasteiger partial charge in [0.2, 0.25) is 0 Å². The predicted octanol–water partition coefficient (Wildman–Crippen LogP) is 5.56. The van der Waals surface area contributed by atoms with Crippen LogP contribution in [-0.2, 0) is 0 Å². The van der Waals surface area contributed by atoms with Crippen LogP contribution in [0.2, 0.25) is 0 Å². The van der Waals surface area contributed by atoms with E-state index in [2.05, 4.69) is 61.5 Å². The van der Waals surface area contributed by atoms with E-state index in [0.717, 1.165) is 12.2 Å². The Morgan fingerprint density at radius 1 is 0.750 bits per heavy atom. The van der Waals surface area contributed by atoms with Gasteiger partial charge >= 0.3 is 0 Å². The lowest BCUT2D eigenvalue weighted by atomic mass is 10.0. The molecule has 0 aliphatic heterocycles. The molecule has 0 aliphatic rings. The Kier molecular flexibility index (Phi) is 6.16. The van der Waals surface area contributed by atoms with Crippen LogP contribution < -0.4 is 5.32 Å². The average molecular weight is 266 g/mol. The van der Waals surface area contributed by atoms with E-state index in [4.69, 9.17) is 5.32 Å². The first-order valence-electron chi connectivity index (χ1n) is 7.73. The normalized spacial score (nSPS) is 10.4. The first-order valence-corrected chi connectivity index (χ1v) is 7.73. The van der Waals surface area contributed by atoms with Gasteiger partial charge in [-0.2, -0.15) is 0 Å². The highest BCUT2D eigenvalue weighted by molar-refractivity contribution is 5.75. The summed E-state index contributed by atoms with van der Waals surface area (Å²) in [5, 5.41) is 4.78. The number of rotatable bonds is 8. The van der Waals surface area contributed by atoms with Crippen molar-refractivity contribution in [3.63, 3.8) is 0 Å². The predicted molar refractivity (Wildman–Crippen MR) is 87.3 cm³/mol. The second kappa shape index (κ2) is 8.42. The van der Waals surface area contributed by atoms with Crippen molar-refractivity contribution in [2.24, 2.45) is 0 Å². The SMILES string of the molecule is CCCCCCC[N]c1ccccc1-c1ccccc1. The van der Waals surface area contributed by atoms with Gasteiger partial charge in [-0.3, -0.25) is 5.32 Å². The highest BCUT2D eigenvalue weighted by atomic mass is 14.9. The molecule has 0 amide bonds. The number of unbranched alkanes of at least 4 members (excludes halogenated alkanes) is 4. The Labute approximate surface area is 123 Å². The zero-order valence-corrected chi connectivity index (χ0v) is 12.4. The molecule has 1 nitrogen and oxygen atoms in total. The molecule has 0 saturated carbocycles. The van der Waals surface area contributed by atoms with Gasteiger partial charge in [0.15, 0.2) is 0 Å². The Morgan fingerprint density at radius 2 is 1.45 bits per heavy atom. The summed E-state index contributed by atoms with van der Waals surface area (Å²) in [6.45, 7) is 3.19. The van der Waals surface area contributed by atoms with Crippen molar-refractivity contribution < 1.29 is 0 Å². The van der Waals surface area contributed by atoms with Gasteiger partial charge in [0.25, 0.3) is 0 Å². The van der Waals surface area contributed by atoms with E-state index in [0.29, 0.717) is 0 Å². The maximum atomic E-state index is 4.78. The van der Waals surface area contributed by atoms with E-state index in [1.807, 2.05) is 0 Å². The Morgan fingerprint density at radius 3 is 2.25 bits per heavy atom. The number of benzene rings is 2. The summed E-state index contributed by atoms with van der Waals surface area (Å²) < 4.78 is 0. The molecule has 0 fully saturated rings. The van der Waals surface area contributed by atoms with Crippen molar-refractivity contribution in [1.29, 1.82) is 0 Å². The molecule has 20 heavy (non-hydrogen) atoms. The van der Waals surface area contributed by atoms with Gasteiger partial charge in [-0.05, 0) is 18.1 Å². The molecule has 0 N–H and O–H groups in total. The Hall–Kier alpha value is -1.76. The second-order valence-electron chi connectivity index (χ2n) is 5.18. The van der Waals surface area contributed by atoms with E-state index >= 15 is 0 Å². The minimum atomic E-state index is 0.938. The third kappa shape index (κ3) is 4.41. The number of hydrogen-bond donors (Lipinski definition) is 0. The molecule has 0 aromatic heterocycles. The van der Waals surface area contributed by atoms with E-state index < -0.39 is 0 Å². The lowest BCUT2D eigenvalue weighted by Gasteiger charge is -2.10. The summed E-state index contributed by atoms with van der Waals surface area (Å²) in [7, 11) is 0. The van der Waals surface area contributed by atoms with Gasteiger partial charge in [-0.25, -0.2) is 0 Å². The van der Waals surface area contributed by atoms with Gasteiger partial charge in [-0.15, -0.1) is 0 Å². The van der Waals surface area contributed by atoms with Crippen LogP contribution in [0, 0.1) is 0 Å². The van der Waals surface area contributed by atoms with Crippen LogP contribution in [0.15, 0.2) is 54.6 Å². The van der Waals surface area contributed by atoms with Gasteiger partial charge in [0, 0.05) is 12.1 Å². The molecule has 0 spiro atoms. The molecular formula is C19H24N. The molecule has 0 heterocycles. The van der Waals surface area contributed by atoms with Crippen LogP contribution in [0.5, 0.6) is 0 Å².